The molecule has 0 aliphatic carbocycles. The van der Waals surface area contributed by atoms with Gasteiger partial charge in [0.25, 0.3) is 0 Å². The number of rotatable bonds is 15. The largest absolute Gasteiger partial charge is 0.397 e. The van der Waals surface area contributed by atoms with Crippen LogP contribution in [0.2, 0.25) is 0 Å². The highest BCUT2D eigenvalue weighted by molar-refractivity contribution is 7.80. The topological polar surface area (TPSA) is 82.1 Å². The Balaban J connectivity index is 1.87. The van der Waals surface area contributed by atoms with E-state index in [1.165, 1.54) is 64.2 Å². The molecule has 1 rings (SSSR count). The van der Waals surface area contributed by atoms with Crippen molar-refractivity contribution in [1.82, 2.24) is 0 Å². The second-order valence-electron chi connectivity index (χ2n) is 6.56. The monoisotopic (exact) mass is 366 g/mol. The molecule has 1 heterocycles. The van der Waals surface area contributed by atoms with Gasteiger partial charge in [-0.25, -0.2) is 4.18 Å². The Labute approximate surface area is 147 Å². The van der Waals surface area contributed by atoms with Crippen molar-refractivity contribution in [2.24, 2.45) is 0 Å². The SMILES string of the molecule is CCCCCCCCCCCCCC1OCC(COS(=O)(=O)O)O1. The number of unbranched alkanes of at least 4 members (excludes halogenated alkanes) is 10. The molecule has 0 aromatic carbocycles. The van der Waals surface area contributed by atoms with Gasteiger partial charge in [-0.3, -0.25) is 4.55 Å². The summed E-state index contributed by atoms with van der Waals surface area (Å²) < 4.78 is 44.8. The maximum atomic E-state index is 10.5. The number of hydrogen-bond acceptors (Lipinski definition) is 5. The van der Waals surface area contributed by atoms with E-state index >= 15 is 0 Å². The van der Waals surface area contributed by atoms with E-state index in [-0.39, 0.29) is 12.9 Å². The van der Waals surface area contributed by atoms with Gasteiger partial charge in [0.05, 0.1) is 13.2 Å². The van der Waals surface area contributed by atoms with Crippen molar-refractivity contribution in [3.05, 3.63) is 0 Å². The molecule has 0 radical (unpaired) electrons. The fourth-order valence-electron chi connectivity index (χ4n) is 2.88. The molecule has 0 amide bonds. The summed E-state index contributed by atoms with van der Waals surface area (Å²) in [7, 11) is -4.40. The minimum absolute atomic E-state index is 0.201. The van der Waals surface area contributed by atoms with Crippen LogP contribution in [-0.2, 0) is 24.1 Å². The van der Waals surface area contributed by atoms with Crippen LogP contribution < -0.4 is 0 Å². The van der Waals surface area contributed by atoms with Crippen LogP contribution in [0.25, 0.3) is 0 Å². The summed E-state index contributed by atoms with van der Waals surface area (Å²) >= 11 is 0. The Morgan fingerprint density at radius 2 is 1.50 bits per heavy atom. The zero-order chi connectivity index (χ0) is 17.7. The van der Waals surface area contributed by atoms with E-state index < -0.39 is 16.5 Å². The Bertz CT molecular complexity index is 398. The van der Waals surface area contributed by atoms with E-state index in [0.717, 1.165) is 12.8 Å². The predicted molar refractivity (Wildman–Crippen MR) is 93.2 cm³/mol. The minimum atomic E-state index is -4.40. The summed E-state index contributed by atoms with van der Waals surface area (Å²) in [6, 6.07) is 0. The van der Waals surface area contributed by atoms with Gasteiger partial charge in [-0.2, -0.15) is 8.42 Å². The van der Waals surface area contributed by atoms with Crippen LogP contribution >= 0.6 is 0 Å². The van der Waals surface area contributed by atoms with Crippen molar-refractivity contribution in [2.45, 2.75) is 96.4 Å². The van der Waals surface area contributed by atoms with E-state index in [1.54, 1.807) is 0 Å². The first kappa shape index (κ1) is 21.8. The van der Waals surface area contributed by atoms with Crippen LogP contribution in [0.15, 0.2) is 0 Å². The van der Waals surface area contributed by atoms with Gasteiger partial charge in [-0.05, 0) is 12.8 Å². The van der Waals surface area contributed by atoms with Gasteiger partial charge in [-0.15, -0.1) is 0 Å². The zero-order valence-corrected chi connectivity index (χ0v) is 15.8. The molecule has 0 bridgehead atoms. The maximum Gasteiger partial charge on any atom is 0.397 e. The molecule has 6 nitrogen and oxygen atoms in total. The molecule has 0 aromatic rings. The van der Waals surface area contributed by atoms with Crippen molar-refractivity contribution in [1.29, 1.82) is 0 Å². The maximum absolute atomic E-state index is 10.5. The van der Waals surface area contributed by atoms with Crippen LogP contribution in [-0.4, -0.2) is 38.6 Å². The quantitative estimate of drug-likeness (QED) is 0.345. The Kier molecular flexibility index (Phi) is 11.9. The fourth-order valence-corrected chi connectivity index (χ4v) is 3.21. The molecule has 1 N–H and O–H groups in total. The standard InChI is InChI=1S/C17H34O6S/c1-2-3-4-5-6-7-8-9-10-11-12-13-17-21-14-16(23-17)15-22-24(18,19)20/h16-17H,2-15H2,1H3,(H,18,19,20). The molecule has 1 fully saturated rings. The van der Waals surface area contributed by atoms with Gasteiger partial charge in [-0.1, -0.05) is 71.1 Å². The second kappa shape index (κ2) is 13.1. The number of ether oxygens (including phenoxy) is 2. The van der Waals surface area contributed by atoms with Crippen molar-refractivity contribution in [3.8, 4) is 0 Å². The van der Waals surface area contributed by atoms with E-state index in [1.807, 2.05) is 0 Å². The van der Waals surface area contributed by atoms with Gasteiger partial charge >= 0.3 is 10.4 Å². The smallest absolute Gasteiger partial charge is 0.350 e. The first-order valence-corrected chi connectivity index (χ1v) is 10.8. The Morgan fingerprint density at radius 3 is 2.04 bits per heavy atom. The Morgan fingerprint density at radius 1 is 0.958 bits per heavy atom. The molecule has 0 aromatic heterocycles. The average molecular weight is 367 g/mol. The third-order valence-corrected chi connectivity index (χ3v) is 4.69. The first-order valence-electron chi connectivity index (χ1n) is 9.40. The summed E-state index contributed by atoms with van der Waals surface area (Å²) in [5.74, 6) is 0. The van der Waals surface area contributed by atoms with E-state index in [4.69, 9.17) is 14.0 Å². The van der Waals surface area contributed by atoms with E-state index in [9.17, 15) is 8.42 Å². The van der Waals surface area contributed by atoms with Gasteiger partial charge in [0.1, 0.15) is 6.10 Å². The van der Waals surface area contributed by atoms with Crippen LogP contribution in [0, 0.1) is 0 Å². The predicted octanol–water partition coefficient (Wildman–Crippen LogP) is 4.25. The van der Waals surface area contributed by atoms with Crippen molar-refractivity contribution in [2.75, 3.05) is 13.2 Å². The molecule has 2 atom stereocenters. The van der Waals surface area contributed by atoms with E-state index in [0.29, 0.717) is 6.61 Å². The average Bonchev–Trinajstić information content (AvgIpc) is 2.98. The van der Waals surface area contributed by atoms with Crippen molar-refractivity contribution >= 4 is 10.4 Å². The lowest BCUT2D eigenvalue weighted by molar-refractivity contribution is -0.0688. The zero-order valence-electron chi connectivity index (χ0n) is 15.0. The molecule has 144 valence electrons. The third-order valence-electron chi connectivity index (χ3n) is 4.26. The van der Waals surface area contributed by atoms with Crippen LogP contribution in [0.1, 0.15) is 84.0 Å². The van der Waals surface area contributed by atoms with Crippen LogP contribution in [0.5, 0.6) is 0 Å². The van der Waals surface area contributed by atoms with Crippen molar-refractivity contribution in [3.63, 3.8) is 0 Å². The second-order valence-corrected chi connectivity index (χ2v) is 7.65. The lowest BCUT2D eigenvalue weighted by Gasteiger charge is -2.10. The van der Waals surface area contributed by atoms with E-state index in [2.05, 4.69) is 11.1 Å². The summed E-state index contributed by atoms with van der Waals surface area (Å²) in [5.41, 5.74) is 0. The fraction of sp³-hybridized carbons (Fsp3) is 1.00. The summed E-state index contributed by atoms with van der Waals surface area (Å²) in [6.07, 6.45) is 14.4. The summed E-state index contributed by atoms with van der Waals surface area (Å²) in [5, 5.41) is 0. The molecule has 24 heavy (non-hydrogen) atoms. The highest BCUT2D eigenvalue weighted by Crippen LogP contribution is 2.19. The third kappa shape index (κ3) is 12.2. The molecule has 1 aliphatic rings. The van der Waals surface area contributed by atoms with Crippen LogP contribution in [0.3, 0.4) is 0 Å². The molecular formula is C17H34O6S. The molecule has 2 unspecified atom stereocenters. The normalized spacial score (nSPS) is 21.4. The highest BCUT2D eigenvalue weighted by atomic mass is 32.3. The molecule has 7 heteroatoms. The lowest BCUT2D eigenvalue weighted by atomic mass is 10.1. The molecular weight excluding hydrogens is 332 g/mol. The number of hydrogen-bond donors (Lipinski definition) is 1. The van der Waals surface area contributed by atoms with Gasteiger partial charge < -0.3 is 9.47 Å². The van der Waals surface area contributed by atoms with Crippen LogP contribution in [0.4, 0.5) is 0 Å². The molecule has 1 saturated heterocycles. The Hall–Kier alpha value is -0.210. The summed E-state index contributed by atoms with van der Waals surface area (Å²) in [6.45, 7) is 2.35. The molecule has 0 saturated carbocycles. The summed E-state index contributed by atoms with van der Waals surface area (Å²) in [4.78, 5) is 0. The van der Waals surface area contributed by atoms with Gasteiger partial charge in [0.15, 0.2) is 6.29 Å². The highest BCUT2D eigenvalue weighted by Gasteiger charge is 2.27. The van der Waals surface area contributed by atoms with Crippen molar-refractivity contribution < 1.29 is 26.6 Å². The first-order chi connectivity index (χ1) is 11.5. The lowest BCUT2D eigenvalue weighted by Crippen LogP contribution is -2.21. The van der Waals surface area contributed by atoms with Gasteiger partial charge in [0, 0.05) is 0 Å². The molecule has 0 spiro atoms. The van der Waals surface area contributed by atoms with Gasteiger partial charge in [0.2, 0.25) is 0 Å². The minimum Gasteiger partial charge on any atom is -0.350 e. The molecule has 1 aliphatic heterocycles.